The Balaban J connectivity index is 1.73. The Morgan fingerprint density at radius 2 is 1.84 bits per heavy atom. The first-order chi connectivity index (χ1) is 9.29. The molecule has 0 spiro atoms. The average Bonchev–Trinajstić information content (AvgIpc) is 2.47. The Hall–Kier alpha value is -1.07. The molecule has 5 heteroatoms. The molecule has 0 radical (unpaired) electrons. The molecule has 0 unspecified atom stereocenters. The summed E-state index contributed by atoms with van der Waals surface area (Å²) in [6.45, 7) is 4.66. The number of carbonyl (C=O) groups excluding carboxylic acids is 1. The summed E-state index contributed by atoms with van der Waals surface area (Å²) < 4.78 is 5.48. The van der Waals surface area contributed by atoms with Crippen molar-refractivity contribution in [3.8, 4) is 5.75 Å². The highest BCUT2D eigenvalue weighted by molar-refractivity contribution is 9.09. The molecule has 1 aliphatic rings. The summed E-state index contributed by atoms with van der Waals surface area (Å²) in [5.74, 6) is 0.816. The van der Waals surface area contributed by atoms with E-state index in [2.05, 4.69) is 20.8 Å². The predicted molar refractivity (Wildman–Crippen MR) is 78.8 cm³/mol. The zero-order chi connectivity index (χ0) is 13.5. The van der Waals surface area contributed by atoms with Crippen molar-refractivity contribution in [1.82, 2.24) is 9.80 Å². The first kappa shape index (κ1) is 14.3. The van der Waals surface area contributed by atoms with Gasteiger partial charge < -0.3 is 9.64 Å². The Morgan fingerprint density at radius 3 is 2.47 bits per heavy atom. The number of hydrogen-bond donors (Lipinski definition) is 0. The Bertz CT molecular complexity index is 392. The van der Waals surface area contributed by atoms with Gasteiger partial charge in [-0.25, -0.2) is 0 Å². The standard InChI is InChI=1S/C14H19BrN2O2/c15-6-7-16-8-10-17(11-9-16)14(18)12-19-13-4-2-1-3-5-13/h1-5H,6-12H2. The van der Waals surface area contributed by atoms with Crippen LogP contribution in [-0.2, 0) is 4.79 Å². The number of amides is 1. The van der Waals surface area contributed by atoms with Gasteiger partial charge in [0.1, 0.15) is 5.75 Å². The SMILES string of the molecule is O=C(COc1ccccc1)N1CCN(CCBr)CC1. The van der Waals surface area contributed by atoms with Crippen LogP contribution in [0.2, 0.25) is 0 Å². The molecule has 4 nitrogen and oxygen atoms in total. The lowest BCUT2D eigenvalue weighted by atomic mass is 10.3. The first-order valence-corrected chi connectivity index (χ1v) is 7.65. The van der Waals surface area contributed by atoms with Crippen molar-refractivity contribution in [2.24, 2.45) is 0 Å². The van der Waals surface area contributed by atoms with Gasteiger partial charge in [-0.15, -0.1) is 0 Å². The smallest absolute Gasteiger partial charge is 0.260 e. The summed E-state index contributed by atoms with van der Waals surface area (Å²) in [7, 11) is 0. The second kappa shape index (κ2) is 7.50. The lowest BCUT2D eigenvalue weighted by Gasteiger charge is -2.34. The van der Waals surface area contributed by atoms with Gasteiger partial charge in [-0.3, -0.25) is 9.69 Å². The minimum Gasteiger partial charge on any atom is -0.484 e. The molecule has 1 fully saturated rings. The Labute approximate surface area is 122 Å². The number of nitrogens with zero attached hydrogens (tertiary/aromatic N) is 2. The van der Waals surface area contributed by atoms with Crippen molar-refractivity contribution < 1.29 is 9.53 Å². The highest BCUT2D eigenvalue weighted by atomic mass is 79.9. The van der Waals surface area contributed by atoms with Gasteiger partial charge in [0.25, 0.3) is 5.91 Å². The van der Waals surface area contributed by atoms with Crippen molar-refractivity contribution in [3.05, 3.63) is 30.3 Å². The van der Waals surface area contributed by atoms with Crippen molar-refractivity contribution in [1.29, 1.82) is 0 Å². The van der Waals surface area contributed by atoms with Gasteiger partial charge in [-0.2, -0.15) is 0 Å². The summed E-state index contributed by atoms with van der Waals surface area (Å²) in [5.41, 5.74) is 0. The van der Waals surface area contributed by atoms with Gasteiger partial charge >= 0.3 is 0 Å². The van der Waals surface area contributed by atoms with Gasteiger partial charge in [-0.05, 0) is 12.1 Å². The third kappa shape index (κ3) is 4.51. The number of benzene rings is 1. The van der Waals surface area contributed by atoms with Crippen LogP contribution in [0.15, 0.2) is 30.3 Å². The van der Waals surface area contributed by atoms with Gasteiger partial charge in [0.2, 0.25) is 0 Å². The van der Waals surface area contributed by atoms with Crippen LogP contribution in [0.25, 0.3) is 0 Å². The summed E-state index contributed by atoms with van der Waals surface area (Å²) in [4.78, 5) is 16.2. The van der Waals surface area contributed by atoms with Crippen LogP contribution in [0.5, 0.6) is 5.75 Å². The quantitative estimate of drug-likeness (QED) is 0.770. The number of rotatable bonds is 5. The maximum absolute atomic E-state index is 12.0. The van der Waals surface area contributed by atoms with Gasteiger partial charge in [0.15, 0.2) is 6.61 Å². The van der Waals surface area contributed by atoms with Crippen LogP contribution >= 0.6 is 15.9 Å². The molecular weight excluding hydrogens is 308 g/mol. The number of piperazine rings is 1. The first-order valence-electron chi connectivity index (χ1n) is 6.53. The van der Waals surface area contributed by atoms with E-state index in [4.69, 9.17) is 4.74 Å². The van der Waals surface area contributed by atoms with Gasteiger partial charge in [0, 0.05) is 38.1 Å². The second-order valence-electron chi connectivity index (χ2n) is 4.51. The van der Waals surface area contributed by atoms with Crippen LogP contribution in [-0.4, -0.2) is 60.4 Å². The highest BCUT2D eigenvalue weighted by Gasteiger charge is 2.20. The third-order valence-corrected chi connectivity index (χ3v) is 3.59. The molecule has 0 aliphatic carbocycles. The Kier molecular flexibility index (Phi) is 5.66. The van der Waals surface area contributed by atoms with E-state index in [1.54, 1.807) is 0 Å². The van der Waals surface area contributed by atoms with Gasteiger partial charge in [0.05, 0.1) is 0 Å². The fourth-order valence-electron chi connectivity index (χ4n) is 2.09. The molecule has 0 saturated carbocycles. The molecule has 1 aromatic carbocycles. The van der Waals surface area contributed by atoms with Crippen LogP contribution in [0, 0.1) is 0 Å². The maximum Gasteiger partial charge on any atom is 0.260 e. The van der Waals surface area contributed by atoms with Crippen LogP contribution < -0.4 is 4.74 Å². The summed E-state index contributed by atoms with van der Waals surface area (Å²) in [5, 5.41) is 0.984. The van der Waals surface area contributed by atoms with E-state index in [0.717, 1.165) is 43.8 Å². The van der Waals surface area contributed by atoms with E-state index in [-0.39, 0.29) is 12.5 Å². The normalized spacial score (nSPS) is 16.4. The Morgan fingerprint density at radius 1 is 1.16 bits per heavy atom. The van der Waals surface area contributed by atoms with E-state index in [9.17, 15) is 4.79 Å². The molecule has 0 bridgehead atoms. The summed E-state index contributed by atoms with van der Waals surface area (Å²) >= 11 is 3.44. The molecule has 2 rings (SSSR count). The zero-order valence-electron chi connectivity index (χ0n) is 10.9. The van der Waals surface area contributed by atoms with E-state index in [0.29, 0.717) is 0 Å². The molecule has 1 aliphatic heterocycles. The molecule has 104 valence electrons. The minimum absolute atomic E-state index is 0.0716. The molecule has 0 atom stereocenters. The largest absolute Gasteiger partial charge is 0.484 e. The van der Waals surface area contributed by atoms with Crippen molar-refractivity contribution in [3.63, 3.8) is 0 Å². The summed E-state index contributed by atoms with van der Waals surface area (Å²) in [6, 6.07) is 9.46. The summed E-state index contributed by atoms with van der Waals surface area (Å²) in [6.07, 6.45) is 0. The molecule has 0 N–H and O–H groups in total. The lowest BCUT2D eigenvalue weighted by Crippen LogP contribution is -2.50. The predicted octanol–water partition coefficient (Wildman–Crippen LogP) is 1.60. The molecular formula is C14H19BrN2O2. The molecule has 19 heavy (non-hydrogen) atoms. The fraction of sp³-hybridized carbons (Fsp3) is 0.500. The number of alkyl halides is 1. The molecule has 1 saturated heterocycles. The van der Waals surface area contributed by atoms with Crippen LogP contribution in [0.4, 0.5) is 0 Å². The molecule has 1 heterocycles. The fourth-order valence-corrected chi connectivity index (χ4v) is 2.60. The lowest BCUT2D eigenvalue weighted by molar-refractivity contribution is -0.135. The average molecular weight is 327 g/mol. The van der Waals surface area contributed by atoms with E-state index in [1.807, 2.05) is 35.2 Å². The van der Waals surface area contributed by atoms with Crippen LogP contribution in [0.1, 0.15) is 0 Å². The highest BCUT2D eigenvalue weighted by Crippen LogP contribution is 2.09. The van der Waals surface area contributed by atoms with E-state index >= 15 is 0 Å². The molecule has 1 amide bonds. The minimum atomic E-state index is 0.0716. The number of hydrogen-bond acceptors (Lipinski definition) is 3. The zero-order valence-corrected chi connectivity index (χ0v) is 12.5. The van der Waals surface area contributed by atoms with Crippen LogP contribution in [0.3, 0.4) is 0 Å². The number of para-hydroxylation sites is 1. The van der Waals surface area contributed by atoms with E-state index in [1.165, 1.54) is 0 Å². The number of ether oxygens (including phenoxy) is 1. The second-order valence-corrected chi connectivity index (χ2v) is 5.31. The third-order valence-electron chi connectivity index (χ3n) is 3.23. The van der Waals surface area contributed by atoms with Crippen molar-refractivity contribution >= 4 is 21.8 Å². The molecule has 1 aromatic rings. The van der Waals surface area contributed by atoms with Gasteiger partial charge in [-0.1, -0.05) is 34.1 Å². The number of halogens is 1. The van der Waals surface area contributed by atoms with E-state index < -0.39 is 0 Å². The van der Waals surface area contributed by atoms with Crippen molar-refractivity contribution in [2.45, 2.75) is 0 Å². The molecule has 0 aromatic heterocycles. The number of carbonyl (C=O) groups is 1. The maximum atomic E-state index is 12.0. The monoisotopic (exact) mass is 326 g/mol. The topological polar surface area (TPSA) is 32.8 Å². The van der Waals surface area contributed by atoms with Crippen molar-refractivity contribution in [2.75, 3.05) is 44.7 Å².